The molecule has 4 saturated heterocycles. The molecule has 0 bridgehead atoms. The standard InChI is InChI=1S/C40H46N2O9/c1-3-4-7-16-29-35-36(40(46)42(39(35)45)28-14-10-6-11-15-28)32(50-29)20-19-31-34-33(30(51-31)18-17-27-12-8-5-9-13-27)37(43)41(38(34)44)21-22-48-25-26-49-24-23-47-2/h5-20,29-36H,3-4,21-26H2,1-2H3/b16-7-,18-17-,20-19-. The van der Waals surface area contributed by atoms with Gasteiger partial charge in [-0.2, -0.15) is 0 Å². The second-order valence-electron chi connectivity index (χ2n) is 13.0. The molecule has 4 heterocycles. The van der Waals surface area contributed by atoms with Crippen molar-refractivity contribution in [2.75, 3.05) is 51.6 Å². The van der Waals surface area contributed by atoms with Crippen LogP contribution in [0, 0.1) is 23.7 Å². The van der Waals surface area contributed by atoms with Crippen LogP contribution in [0.1, 0.15) is 25.3 Å². The molecule has 0 spiro atoms. The number of para-hydroxylation sites is 1. The smallest absolute Gasteiger partial charge is 0.240 e. The number of hydrogen-bond acceptors (Lipinski definition) is 9. The number of methoxy groups -OCH3 is 1. The van der Waals surface area contributed by atoms with Crippen LogP contribution in [0.25, 0.3) is 6.08 Å². The van der Waals surface area contributed by atoms with Crippen LogP contribution < -0.4 is 4.90 Å². The number of hydrogen-bond donors (Lipinski definition) is 0. The van der Waals surface area contributed by atoms with E-state index in [9.17, 15) is 19.2 Å². The van der Waals surface area contributed by atoms with Crippen LogP contribution in [0.15, 0.2) is 91.0 Å². The van der Waals surface area contributed by atoms with Crippen molar-refractivity contribution in [3.05, 3.63) is 96.6 Å². The largest absolute Gasteiger partial charge is 0.382 e. The van der Waals surface area contributed by atoms with E-state index in [2.05, 4.69) is 6.92 Å². The first-order valence-corrected chi connectivity index (χ1v) is 17.8. The Morgan fingerprint density at radius 3 is 1.73 bits per heavy atom. The maximum Gasteiger partial charge on any atom is 0.240 e. The number of rotatable bonds is 17. The van der Waals surface area contributed by atoms with Crippen molar-refractivity contribution in [3.63, 3.8) is 0 Å². The Bertz CT molecular complexity index is 1610. The fourth-order valence-corrected chi connectivity index (χ4v) is 7.29. The van der Waals surface area contributed by atoms with Crippen LogP contribution in [0.2, 0.25) is 0 Å². The molecule has 6 rings (SSSR count). The number of allylic oxidation sites excluding steroid dienone is 1. The van der Waals surface area contributed by atoms with Crippen LogP contribution >= 0.6 is 0 Å². The quantitative estimate of drug-likeness (QED) is 0.136. The van der Waals surface area contributed by atoms with Crippen molar-refractivity contribution in [1.82, 2.24) is 4.90 Å². The van der Waals surface area contributed by atoms with Crippen LogP contribution in [0.4, 0.5) is 5.69 Å². The fourth-order valence-electron chi connectivity index (χ4n) is 7.29. The van der Waals surface area contributed by atoms with Gasteiger partial charge in [0.1, 0.15) is 0 Å². The Kier molecular flexibility index (Phi) is 12.4. The summed E-state index contributed by atoms with van der Waals surface area (Å²) in [6.07, 6.45) is 10.1. The average Bonchev–Trinajstić information content (AvgIpc) is 3.84. The molecule has 4 aliphatic rings. The summed E-state index contributed by atoms with van der Waals surface area (Å²) in [6, 6.07) is 18.6. The van der Waals surface area contributed by atoms with E-state index in [1.165, 1.54) is 9.80 Å². The number of ether oxygens (including phenoxy) is 5. The van der Waals surface area contributed by atoms with Crippen molar-refractivity contribution in [3.8, 4) is 0 Å². The Morgan fingerprint density at radius 2 is 1.14 bits per heavy atom. The Balaban J connectivity index is 1.21. The molecular formula is C40H46N2O9. The number of nitrogens with zero attached hydrogens (tertiary/aromatic N) is 2. The number of carbonyl (C=O) groups is 4. The van der Waals surface area contributed by atoms with Gasteiger partial charge >= 0.3 is 0 Å². The van der Waals surface area contributed by atoms with Gasteiger partial charge in [-0.1, -0.05) is 98.3 Å². The van der Waals surface area contributed by atoms with Crippen molar-refractivity contribution in [1.29, 1.82) is 0 Å². The van der Waals surface area contributed by atoms with Crippen molar-refractivity contribution < 1.29 is 42.9 Å². The number of fused-ring (bicyclic) bond motifs is 2. The second-order valence-corrected chi connectivity index (χ2v) is 13.0. The summed E-state index contributed by atoms with van der Waals surface area (Å²) < 4.78 is 28.8. The topological polar surface area (TPSA) is 121 Å². The summed E-state index contributed by atoms with van der Waals surface area (Å²) in [4.78, 5) is 57.8. The van der Waals surface area contributed by atoms with E-state index >= 15 is 0 Å². The van der Waals surface area contributed by atoms with Gasteiger partial charge in [-0.15, -0.1) is 0 Å². The maximum absolute atomic E-state index is 13.9. The lowest BCUT2D eigenvalue weighted by Crippen LogP contribution is -2.38. The predicted molar refractivity (Wildman–Crippen MR) is 189 cm³/mol. The van der Waals surface area contributed by atoms with Gasteiger partial charge in [0.05, 0.1) is 93.4 Å². The zero-order valence-corrected chi connectivity index (χ0v) is 29.1. The molecule has 51 heavy (non-hydrogen) atoms. The predicted octanol–water partition coefficient (Wildman–Crippen LogP) is 4.23. The highest BCUT2D eigenvalue weighted by Crippen LogP contribution is 2.45. The van der Waals surface area contributed by atoms with Gasteiger partial charge in [-0.25, -0.2) is 4.90 Å². The average molecular weight is 699 g/mol. The third-order valence-corrected chi connectivity index (χ3v) is 9.76. The molecule has 0 aliphatic carbocycles. The Morgan fingerprint density at radius 1 is 0.627 bits per heavy atom. The molecule has 4 aliphatic heterocycles. The first-order valence-electron chi connectivity index (χ1n) is 17.8. The number of imide groups is 2. The van der Waals surface area contributed by atoms with E-state index < -0.39 is 48.1 Å². The van der Waals surface area contributed by atoms with Crippen molar-refractivity contribution >= 4 is 35.4 Å². The molecule has 0 aromatic heterocycles. The minimum atomic E-state index is -0.768. The van der Waals surface area contributed by atoms with E-state index in [0.717, 1.165) is 18.4 Å². The Labute approximate surface area is 298 Å². The van der Waals surface area contributed by atoms with E-state index in [0.29, 0.717) is 32.1 Å². The molecule has 2 aromatic carbocycles. The van der Waals surface area contributed by atoms with Gasteiger partial charge in [0, 0.05) is 7.11 Å². The summed E-state index contributed by atoms with van der Waals surface area (Å²) in [6.45, 7) is 4.00. The lowest BCUT2D eigenvalue weighted by atomic mass is 9.87. The van der Waals surface area contributed by atoms with Crippen LogP contribution in [0.3, 0.4) is 0 Å². The summed E-state index contributed by atoms with van der Waals surface area (Å²) in [5.41, 5.74) is 1.46. The molecule has 0 saturated carbocycles. The first kappa shape index (κ1) is 36.5. The minimum Gasteiger partial charge on any atom is -0.382 e. The molecule has 4 fully saturated rings. The third kappa shape index (κ3) is 7.98. The van der Waals surface area contributed by atoms with Gasteiger partial charge in [0.2, 0.25) is 23.6 Å². The van der Waals surface area contributed by atoms with Crippen LogP contribution in [-0.4, -0.2) is 99.6 Å². The number of carbonyl (C=O) groups excluding carboxylic acids is 4. The number of unbranched alkanes of at least 4 members (excludes halogenated alkanes) is 1. The highest BCUT2D eigenvalue weighted by Gasteiger charge is 2.60. The molecule has 2 aromatic rings. The summed E-state index contributed by atoms with van der Waals surface area (Å²) >= 11 is 0. The van der Waals surface area contributed by atoms with Crippen LogP contribution in [0.5, 0.6) is 0 Å². The molecule has 11 nitrogen and oxygen atoms in total. The van der Waals surface area contributed by atoms with Gasteiger partial charge < -0.3 is 23.7 Å². The van der Waals surface area contributed by atoms with E-state index in [1.54, 1.807) is 43.5 Å². The lowest BCUT2D eigenvalue weighted by molar-refractivity contribution is -0.143. The normalized spacial score (nSPS) is 29.1. The van der Waals surface area contributed by atoms with E-state index in [1.807, 2.05) is 60.7 Å². The first-order chi connectivity index (χ1) is 24.9. The zero-order valence-electron chi connectivity index (χ0n) is 29.1. The van der Waals surface area contributed by atoms with E-state index in [4.69, 9.17) is 23.7 Å². The molecule has 0 radical (unpaired) electrons. The fraction of sp³-hybridized carbons (Fsp3) is 0.450. The SMILES string of the molecule is CCC/C=C\C1OC(/C=C\C2OC(/C=C\c3ccccc3)C3C(=O)N(CCOCCOCCOC)C(=O)C23)C2C(=O)N(c3ccccc3)C(=O)C12. The third-order valence-electron chi connectivity index (χ3n) is 9.76. The molecule has 8 unspecified atom stereocenters. The lowest BCUT2D eigenvalue weighted by Gasteiger charge is -2.21. The van der Waals surface area contributed by atoms with E-state index in [-0.39, 0.29) is 36.8 Å². The Hall–Kier alpha value is -4.26. The number of likely N-dealkylation sites (tertiary alicyclic amines) is 1. The molecular weight excluding hydrogens is 652 g/mol. The van der Waals surface area contributed by atoms with Crippen LogP contribution in [-0.2, 0) is 42.9 Å². The molecule has 4 amide bonds. The summed E-state index contributed by atoms with van der Waals surface area (Å²) in [5.74, 6) is -4.18. The van der Waals surface area contributed by atoms with Gasteiger partial charge in [-0.05, 0) is 24.1 Å². The highest BCUT2D eigenvalue weighted by atomic mass is 16.5. The number of anilines is 1. The molecule has 0 N–H and O–H groups in total. The molecule has 11 heteroatoms. The monoisotopic (exact) mass is 698 g/mol. The van der Waals surface area contributed by atoms with Gasteiger partial charge in [0.15, 0.2) is 0 Å². The second kappa shape index (κ2) is 17.3. The number of amides is 4. The number of benzene rings is 2. The minimum absolute atomic E-state index is 0.113. The van der Waals surface area contributed by atoms with Crippen molar-refractivity contribution in [2.45, 2.75) is 44.2 Å². The van der Waals surface area contributed by atoms with Gasteiger partial charge in [0.25, 0.3) is 0 Å². The highest BCUT2D eigenvalue weighted by molar-refractivity contribution is 6.22. The summed E-state index contributed by atoms with van der Waals surface area (Å²) in [5, 5.41) is 0. The van der Waals surface area contributed by atoms with Crippen molar-refractivity contribution in [2.24, 2.45) is 23.7 Å². The zero-order chi connectivity index (χ0) is 35.7. The van der Waals surface area contributed by atoms with Gasteiger partial charge in [-0.3, -0.25) is 24.1 Å². The maximum atomic E-state index is 13.9. The molecule has 8 atom stereocenters. The summed E-state index contributed by atoms with van der Waals surface area (Å²) in [7, 11) is 1.60. The molecule has 270 valence electrons.